The summed E-state index contributed by atoms with van der Waals surface area (Å²) in [6.45, 7) is 0. The zero-order valence-corrected chi connectivity index (χ0v) is 13.3. The third kappa shape index (κ3) is 2.39. The third-order valence-electron chi connectivity index (χ3n) is 4.21. The summed E-state index contributed by atoms with van der Waals surface area (Å²) in [7, 11) is 0. The lowest BCUT2D eigenvalue weighted by atomic mass is 10.0. The molecule has 1 aliphatic carbocycles. The molecule has 112 valence electrons. The molecule has 0 spiro atoms. The minimum absolute atomic E-state index is 0.218. The lowest BCUT2D eigenvalue weighted by Gasteiger charge is -2.04. The van der Waals surface area contributed by atoms with Crippen molar-refractivity contribution in [2.24, 2.45) is 11.3 Å². The minimum atomic E-state index is -1.38. The third-order valence-corrected chi connectivity index (χ3v) is 4.78. The number of halogens is 2. The lowest BCUT2D eigenvalue weighted by molar-refractivity contribution is 0.0958. The van der Waals surface area contributed by atoms with Gasteiger partial charge in [0, 0.05) is 21.5 Å². The van der Waals surface area contributed by atoms with Crippen LogP contribution in [0.25, 0.3) is 0 Å². The minimum Gasteiger partial charge on any atom is -0.294 e. The Morgan fingerprint density at radius 2 is 1.70 bits per heavy atom. The Kier molecular flexibility index (Phi) is 3.86. The van der Waals surface area contributed by atoms with E-state index in [1.807, 2.05) is 12.1 Å². The molecule has 0 N–H and O–H groups in total. The Labute approximate surface area is 143 Å². The predicted molar refractivity (Wildman–Crippen MR) is 87.1 cm³/mol. The highest BCUT2D eigenvalue weighted by atomic mass is 35.5. The molecular weight excluding hydrogens is 331 g/mol. The Hall–Kier alpha value is -2.33. The number of hydrogen-bond donors (Lipinski definition) is 0. The molecule has 3 nitrogen and oxygen atoms in total. The van der Waals surface area contributed by atoms with Gasteiger partial charge in [0.1, 0.15) is 0 Å². The van der Waals surface area contributed by atoms with E-state index in [0.717, 1.165) is 0 Å². The number of ketones is 1. The summed E-state index contributed by atoms with van der Waals surface area (Å²) in [6.07, 6.45) is 0. The van der Waals surface area contributed by atoms with Crippen molar-refractivity contribution < 1.29 is 4.79 Å². The summed E-state index contributed by atoms with van der Waals surface area (Å²) >= 11 is 12.1. The number of nitrogens with zero attached hydrogens (tertiary/aromatic N) is 2. The number of nitriles is 2. The van der Waals surface area contributed by atoms with Gasteiger partial charge >= 0.3 is 0 Å². The summed E-state index contributed by atoms with van der Waals surface area (Å²) in [5.41, 5.74) is -0.293. The number of hydrogen-bond acceptors (Lipinski definition) is 3. The van der Waals surface area contributed by atoms with Crippen LogP contribution in [0.5, 0.6) is 0 Å². The van der Waals surface area contributed by atoms with Crippen molar-refractivity contribution in [1.29, 1.82) is 10.5 Å². The van der Waals surface area contributed by atoms with Gasteiger partial charge in [0.25, 0.3) is 0 Å². The van der Waals surface area contributed by atoms with Gasteiger partial charge in [0.05, 0.1) is 18.1 Å². The Balaban J connectivity index is 2.05. The van der Waals surface area contributed by atoms with Crippen LogP contribution in [0.3, 0.4) is 0 Å². The van der Waals surface area contributed by atoms with E-state index in [1.54, 1.807) is 48.5 Å². The molecule has 0 heterocycles. The highest BCUT2D eigenvalue weighted by Crippen LogP contribution is 2.66. The van der Waals surface area contributed by atoms with Gasteiger partial charge in [-0.2, -0.15) is 10.5 Å². The fourth-order valence-electron chi connectivity index (χ4n) is 3.01. The Morgan fingerprint density at radius 3 is 2.26 bits per heavy atom. The maximum absolute atomic E-state index is 12.7. The molecule has 0 amide bonds. The van der Waals surface area contributed by atoms with E-state index in [2.05, 4.69) is 0 Å². The second kappa shape index (κ2) is 5.70. The lowest BCUT2D eigenvalue weighted by Crippen LogP contribution is -2.08. The molecule has 1 saturated carbocycles. The van der Waals surface area contributed by atoms with Crippen LogP contribution in [0, 0.1) is 34.0 Å². The standard InChI is InChI=1S/C18H10Cl2N2O/c19-12-6-7-13(14(20)8-12)15-16(18(15,9-21)10-22)17(23)11-4-2-1-3-5-11/h1-8,15-16H/t15-,16-/m0/s1. The van der Waals surface area contributed by atoms with Crippen LogP contribution in [-0.4, -0.2) is 5.78 Å². The second-order valence-corrected chi connectivity index (χ2v) is 6.29. The van der Waals surface area contributed by atoms with Crippen LogP contribution < -0.4 is 0 Å². The number of benzene rings is 2. The van der Waals surface area contributed by atoms with Crippen LogP contribution in [0.15, 0.2) is 48.5 Å². The number of carbonyl (C=O) groups excluding carboxylic acids is 1. The molecule has 0 saturated heterocycles. The SMILES string of the molecule is N#CC1(C#N)[C@H](C(=O)c2ccccc2)[C@@H]1c1ccc(Cl)cc1Cl. The summed E-state index contributed by atoms with van der Waals surface area (Å²) in [5.74, 6) is -1.49. The highest BCUT2D eigenvalue weighted by Gasteiger charge is 2.71. The van der Waals surface area contributed by atoms with Gasteiger partial charge in [-0.3, -0.25) is 4.79 Å². The maximum Gasteiger partial charge on any atom is 0.169 e. The van der Waals surface area contributed by atoms with E-state index in [4.69, 9.17) is 23.2 Å². The molecule has 0 aromatic heterocycles. The van der Waals surface area contributed by atoms with Gasteiger partial charge in [-0.15, -0.1) is 0 Å². The van der Waals surface area contributed by atoms with Crippen molar-refractivity contribution in [2.45, 2.75) is 5.92 Å². The first-order valence-electron chi connectivity index (χ1n) is 6.92. The Morgan fingerprint density at radius 1 is 1.04 bits per heavy atom. The van der Waals surface area contributed by atoms with Crippen molar-refractivity contribution in [3.05, 3.63) is 69.7 Å². The molecule has 3 rings (SSSR count). The van der Waals surface area contributed by atoms with Crippen molar-refractivity contribution in [3.8, 4) is 12.1 Å². The van der Waals surface area contributed by atoms with Crippen LogP contribution in [0.1, 0.15) is 21.8 Å². The van der Waals surface area contributed by atoms with E-state index < -0.39 is 17.3 Å². The van der Waals surface area contributed by atoms with Gasteiger partial charge in [-0.25, -0.2) is 0 Å². The van der Waals surface area contributed by atoms with Crippen molar-refractivity contribution in [2.75, 3.05) is 0 Å². The van der Waals surface area contributed by atoms with Crippen LogP contribution in [-0.2, 0) is 0 Å². The first-order chi connectivity index (χ1) is 11.0. The first kappa shape index (κ1) is 15.6. The van der Waals surface area contributed by atoms with E-state index in [9.17, 15) is 15.3 Å². The molecule has 2 atom stereocenters. The molecule has 1 aliphatic rings. The smallest absolute Gasteiger partial charge is 0.169 e. The summed E-state index contributed by atoms with van der Waals surface area (Å²) in [6, 6.07) is 17.6. The molecular formula is C18H10Cl2N2O. The van der Waals surface area contributed by atoms with Gasteiger partial charge in [-0.05, 0) is 17.7 Å². The van der Waals surface area contributed by atoms with Crippen molar-refractivity contribution in [3.63, 3.8) is 0 Å². The van der Waals surface area contributed by atoms with E-state index in [1.165, 1.54) is 0 Å². The van der Waals surface area contributed by atoms with Gasteiger partial charge in [0.2, 0.25) is 0 Å². The molecule has 2 aromatic carbocycles. The Bertz CT molecular complexity index is 851. The van der Waals surface area contributed by atoms with Crippen LogP contribution in [0.4, 0.5) is 0 Å². The topological polar surface area (TPSA) is 64.7 Å². The molecule has 23 heavy (non-hydrogen) atoms. The van der Waals surface area contributed by atoms with Gasteiger partial charge < -0.3 is 0 Å². The summed E-state index contributed by atoms with van der Waals surface area (Å²) in [5, 5.41) is 19.8. The molecule has 0 bridgehead atoms. The summed E-state index contributed by atoms with van der Waals surface area (Å²) < 4.78 is 0. The highest BCUT2D eigenvalue weighted by molar-refractivity contribution is 6.35. The molecule has 2 aromatic rings. The normalized spacial score (nSPS) is 21.0. The molecule has 1 fully saturated rings. The first-order valence-corrected chi connectivity index (χ1v) is 7.67. The quantitative estimate of drug-likeness (QED) is 0.765. The maximum atomic E-state index is 12.7. The molecule has 5 heteroatoms. The largest absolute Gasteiger partial charge is 0.294 e. The predicted octanol–water partition coefficient (Wildman–Crippen LogP) is 4.62. The van der Waals surface area contributed by atoms with E-state index >= 15 is 0 Å². The number of rotatable bonds is 3. The van der Waals surface area contributed by atoms with Gasteiger partial charge in [-0.1, -0.05) is 59.6 Å². The zero-order valence-electron chi connectivity index (χ0n) is 11.8. The fraction of sp³-hybridized carbons (Fsp3) is 0.167. The van der Waals surface area contributed by atoms with Crippen LogP contribution in [0.2, 0.25) is 10.0 Å². The fourth-order valence-corrected chi connectivity index (χ4v) is 3.54. The molecule has 0 radical (unpaired) electrons. The molecule has 0 unspecified atom stereocenters. The average molecular weight is 341 g/mol. The van der Waals surface area contributed by atoms with Crippen molar-refractivity contribution in [1.82, 2.24) is 0 Å². The number of Topliss-reactive ketones (excluding diaryl/α,β-unsaturated/α-hetero) is 1. The number of carbonyl (C=O) groups is 1. The molecule has 0 aliphatic heterocycles. The van der Waals surface area contributed by atoms with E-state index in [0.29, 0.717) is 21.2 Å². The van der Waals surface area contributed by atoms with Gasteiger partial charge in [0.15, 0.2) is 11.2 Å². The van der Waals surface area contributed by atoms with Crippen LogP contribution >= 0.6 is 23.2 Å². The monoisotopic (exact) mass is 340 g/mol. The van der Waals surface area contributed by atoms with Crippen molar-refractivity contribution >= 4 is 29.0 Å². The summed E-state index contributed by atoms with van der Waals surface area (Å²) in [4.78, 5) is 12.7. The second-order valence-electron chi connectivity index (χ2n) is 5.44. The van der Waals surface area contributed by atoms with E-state index in [-0.39, 0.29) is 5.78 Å². The zero-order chi connectivity index (χ0) is 16.6. The average Bonchev–Trinajstić information content (AvgIpc) is 3.24.